The number of ether oxygens (including phenoxy) is 1. The first-order valence-electron chi connectivity index (χ1n) is 7.81. The lowest BCUT2D eigenvalue weighted by molar-refractivity contribution is -0.150. The molecular formula is C17H26N2O2. The molecule has 1 unspecified atom stereocenters. The molecule has 21 heavy (non-hydrogen) atoms. The molecular weight excluding hydrogens is 264 g/mol. The van der Waals surface area contributed by atoms with E-state index in [-0.39, 0.29) is 12.0 Å². The molecule has 1 atom stereocenters. The van der Waals surface area contributed by atoms with E-state index in [2.05, 4.69) is 21.9 Å². The predicted octanol–water partition coefficient (Wildman–Crippen LogP) is 2.84. The zero-order chi connectivity index (χ0) is 15.2. The van der Waals surface area contributed by atoms with Gasteiger partial charge in [-0.3, -0.25) is 4.90 Å². The molecule has 0 amide bonds. The molecule has 1 fully saturated rings. The second kappa shape index (κ2) is 7.46. The first kappa shape index (κ1) is 15.8. The van der Waals surface area contributed by atoms with Crippen molar-refractivity contribution >= 4 is 11.7 Å². The van der Waals surface area contributed by atoms with Crippen molar-refractivity contribution in [3.05, 3.63) is 29.8 Å². The van der Waals surface area contributed by atoms with Gasteiger partial charge in [0.05, 0.1) is 6.61 Å². The van der Waals surface area contributed by atoms with Gasteiger partial charge in [0.2, 0.25) is 0 Å². The standard InChI is InChI=1S/C17H26N2O2/c1-4-21-17(20)16(19-12-6-5-7-13-19)14-8-10-15(11-9-14)18(2)3/h8-11,16H,4-7,12-13H2,1-3H3. The second-order valence-electron chi connectivity index (χ2n) is 5.74. The van der Waals surface area contributed by atoms with Gasteiger partial charge >= 0.3 is 5.97 Å². The first-order valence-corrected chi connectivity index (χ1v) is 7.81. The number of carbonyl (C=O) groups excluding carboxylic acids is 1. The smallest absolute Gasteiger partial charge is 0.327 e. The van der Waals surface area contributed by atoms with Gasteiger partial charge in [-0.15, -0.1) is 0 Å². The van der Waals surface area contributed by atoms with Crippen LogP contribution in [0.25, 0.3) is 0 Å². The van der Waals surface area contributed by atoms with Crippen molar-refractivity contribution in [1.82, 2.24) is 4.90 Å². The normalized spacial score (nSPS) is 17.3. The highest BCUT2D eigenvalue weighted by atomic mass is 16.5. The number of hydrogen-bond acceptors (Lipinski definition) is 4. The summed E-state index contributed by atoms with van der Waals surface area (Å²) in [6, 6.07) is 7.95. The average Bonchev–Trinajstić information content (AvgIpc) is 2.49. The number of likely N-dealkylation sites (tertiary alicyclic amines) is 1. The summed E-state index contributed by atoms with van der Waals surface area (Å²) in [6.45, 7) is 4.23. The molecule has 0 saturated carbocycles. The van der Waals surface area contributed by atoms with Crippen molar-refractivity contribution in [2.24, 2.45) is 0 Å². The molecule has 1 saturated heterocycles. The number of carbonyl (C=O) groups is 1. The van der Waals surface area contributed by atoms with Gasteiger partial charge in [-0.25, -0.2) is 4.79 Å². The number of benzene rings is 1. The molecule has 4 heteroatoms. The van der Waals surface area contributed by atoms with E-state index in [9.17, 15) is 4.79 Å². The Kier molecular flexibility index (Phi) is 5.62. The highest BCUT2D eigenvalue weighted by Gasteiger charge is 2.29. The molecule has 116 valence electrons. The highest BCUT2D eigenvalue weighted by Crippen LogP contribution is 2.27. The van der Waals surface area contributed by atoms with E-state index in [0.29, 0.717) is 6.61 Å². The minimum absolute atomic E-state index is 0.128. The van der Waals surface area contributed by atoms with Crippen LogP contribution in [0.2, 0.25) is 0 Å². The topological polar surface area (TPSA) is 32.8 Å². The van der Waals surface area contributed by atoms with Gasteiger partial charge in [0.15, 0.2) is 0 Å². The van der Waals surface area contributed by atoms with Crippen LogP contribution in [0.1, 0.15) is 37.8 Å². The summed E-state index contributed by atoms with van der Waals surface area (Å²) in [5.41, 5.74) is 2.17. The maximum Gasteiger partial charge on any atom is 0.327 e. The number of anilines is 1. The molecule has 0 bridgehead atoms. The maximum absolute atomic E-state index is 12.4. The lowest BCUT2D eigenvalue weighted by atomic mass is 10.0. The summed E-state index contributed by atoms with van der Waals surface area (Å²) < 4.78 is 5.30. The Morgan fingerprint density at radius 1 is 1.19 bits per heavy atom. The molecule has 1 heterocycles. The molecule has 0 radical (unpaired) electrons. The van der Waals surface area contributed by atoms with Crippen molar-refractivity contribution in [2.75, 3.05) is 38.7 Å². The van der Waals surface area contributed by atoms with Gasteiger partial charge in [-0.2, -0.15) is 0 Å². The van der Waals surface area contributed by atoms with Gasteiger partial charge in [0.1, 0.15) is 6.04 Å². The zero-order valence-electron chi connectivity index (χ0n) is 13.3. The minimum Gasteiger partial charge on any atom is -0.465 e. The van der Waals surface area contributed by atoms with E-state index < -0.39 is 0 Å². The molecule has 0 N–H and O–H groups in total. The summed E-state index contributed by atoms with van der Waals surface area (Å²) in [5.74, 6) is -0.128. The molecule has 2 rings (SSSR count). The maximum atomic E-state index is 12.4. The molecule has 1 aromatic rings. The van der Waals surface area contributed by atoms with Crippen molar-refractivity contribution in [3.8, 4) is 0 Å². The Balaban J connectivity index is 2.22. The summed E-state index contributed by atoms with van der Waals surface area (Å²) in [5, 5.41) is 0. The fourth-order valence-corrected chi connectivity index (χ4v) is 2.85. The lowest BCUT2D eigenvalue weighted by Gasteiger charge is -2.33. The van der Waals surface area contributed by atoms with Crippen LogP contribution in [0.4, 0.5) is 5.69 Å². The van der Waals surface area contributed by atoms with Gasteiger partial charge < -0.3 is 9.64 Å². The lowest BCUT2D eigenvalue weighted by Crippen LogP contribution is -2.38. The van der Waals surface area contributed by atoms with Gasteiger partial charge in [-0.1, -0.05) is 18.6 Å². The molecule has 0 aliphatic carbocycles. The van der Waals surface area contributed by atoms with Gasteiger partial charge in [0.25, 0.3) is 0 Å². The molecule has 1 aromatic carbocycles. The second-order valence-corrected chi connectivity index (χ2v) is 5.74. The van der Waals surface area contributed by atoms with Crippen LogP contribution >= 0.6 is 0 Å². The predicted molar refractivity (Wildman–Crippen MR) is 85.6 cm³/mol. The SMILES string of the molecule is CCOC(=O)C(c1ccc(N(C)C)cc1)N1CCCCC1. The Morgan fingerprint density at radius 2 is 1.81 bits per heavy atom. The van der Waals surface area contributed by atoms with E-state index in [0.717, 1.165) is 37.2 Å². The first-order chi connectivity index (χ1) is 10.1. The van der Waals surface area contributed by atoms with E-state index in [1.165, 1.54) is 6.42 Å². The molecule has 1 aliphatic rings. The highest BCUT2D eigenvalue weighted by molar-refractivity contribution is 5.78. The summed E-state index contributed by atoms with van der Waals surface area (Å²) >= 11 is 0. The average molecular weight is 290 g/mol. The number of rotatable bonds is 5. The number of nitrogens with zero attached hydrogens (tertiary/aromatic N) is 2. The van der Waals surface area contributed by atoms with Gasteiger partial charge in [0, 0.05) is 19.8 Å². The van der Waals surface area contributed by atoms with Gasteiger partial charge in [-0.05, 0) is 50.6 Å². The van der Waals surface area contributed by atoms with E-state index in [1.54, 1.807) is 0 Å². The summed E-state index contributed by atoms with van der Waals surface area (Å²) in [7, 11) is 4.03. The largest absolute Gasteiger partial charge is 0.465 e. The van der Waals surface area contributed by atoms with Crippen LogP contribution < -0.4 is 4.90 Å². The van der Waals surface area contributed by atoms with E-state index in [1.807, 2.05) is 33.2 Å². The number of piperidine rings is 1. The number of esters is 1. The molecule has 0 aromatic heterocycles. The van der Waals surface area contributed by atoms with Crippen molar-refractivity contribution in [2.45, 2.75) is 32.2 Å². The minimum atomic E-state index is -0.263. The molecule has 0 spiro atoms. The fourth-order valence-electron chi connectivity index (χ4n) is 2.85. The Labute approximate surface area is 127 Å². The Morgan fingerprint density at radius 3 is 2.33 bits per heavy atom. The van der Waals surface area contributed by atoms with Crippen LogP contribution in [0.5, 0.6) is 0 Å². The fraction of sp³-hybridized carbons (Fsp3) is 0.588. The van der Waals surface area contributed by atoms with E-state index in [4.69, 9.17) is 4.74 Å². The Hall–Kier alpha value is -1.55. The molecule has 1 aliphatic heterocycles. The quantitative estimate of drug-likeness (QED) is 0.781. The third-order valence-corrected chi connectivity index (χ3v) is 3.99. The third-order valence-electron chi connectivity index (χ3n) is 3.99. The van der Waals surface area contributed by atoms with E-state index >= 15 is 0 Å². The third kappa shape index (κ3) is 3.97. The van der Waals surface area contributed by atoms with Crippen molar-refractivity contribution < 1.29 is 9.53 Å². The van der Waals surface area contributed by atoms with Crippen molar-refractivity contribution in [3.63, 3.8) is 0 Å². The van der Waals surface area contributed by atoms with Crippen LogP contribution in [-0.2, 0) is 9.53 Å². The van der Waals surface area contributed by atoms with Crippen LogP contribution in [0.15, 0.2) is 24.3 Å². The Bertz CT molecular complexity index is 450. The van der Waals surface area contributed by atoms with Crippen molar-refractivity contribution in [1.29, 1.82) is 0 Å². The summed E-state index contributed by atoms with van der Waals surface area (Å²) in [4.78, 5) is 16.7. The molecule has 4 nitrogen and oxygen atoms in total. The van der Waals surface area contributed by atoms with Crippen LogP contribution in [0.3, 0.4) is 0 Å². The summed E-state index contributed by atoms with van der Waals surface area (Å²) in [6.07, 6.45) is 3.57. The monoisotopic (exact) mass is 290 g/mol. The zero-order valence-corrected chi connectivity index (χ0v) is 13.3. The number of hydrogen-bond donors (Lipinski definition) is 0. The van der Waals surface area contributed by atoms with Crippen LogP contribution in [-0.4, -0.2) is 44.7 Å². The van der Waals surface area contributed by atoms with Crippen LogP contribution in [0, 0.1) is 0 Å².